The molecule has 0 radical (unpaired) electrons. The van der Waals surface area contributed by atoms with Crippen LogP contribution in [0.4, 0.5) is 4.79 Å². The van der Waals surface area contributed by atoms with E-state index in [-0.39, 0.29) is 16.9 Å². The third-order valence-corrected chi connectivity index (χ3v) is 3.98. The second-order valence-corrected chi connectivity index (χ2v) is 5.46. The van der Waals surface area contributed by atoms with Gasteiger partial charge in [0.05, 0.1) is 6.04 Å². The van der Waals surface area contributed by atoms with Crippen LogP contribution in [0.5, 0.6) is 0 Å². The van der Waals surface area contributed by atoms with E-state index in [4.69, 9.17) is 5.11 Å². The molecule has 2 fully saturated rings. The summed E-state index contributed by atoms with van der Waals surface area (Å²) >= 11 is 0. The number of hydrogen-bond acceptors (Lipinski definition) is 2. The summed E-state index contributed by atoms with van der Waals surface area (Å²) in [6.07, 6.45) is -0.779. The molecule has 0 saturated carbocycles. The molecule has 80 valence electrons. The van der Waals surface area contributed by atoms with Gasteiger partial charge >= 0.3 is 6.09 Å². The number of amides is 1. The molecule has 2 atom stereocenters. The topological polar surface area (TPSA) is 52.6 Å². The molecule has 4 heteroatoms. The molecular formula is C10H18N2O2. The van der Waals surface area contributed by atoms with E-state index in [9.17, 15) is 4.79 Å². The van der Waals surface area contributed by atoms with E-state index in [1.54, 1.807) is 4.90 Å². The summed E-state index contributed by atoms with van der Waals surface area (Å²) in [5.74, 6) is 0. The number of fused-ring (bicyclic) bond motifs is 1. The Morgan fingerprint density at radius 2 is 2.21 bits per heavy atom. The molecule has 2 rings (SSSR count). The van der Waals surface area contributed by atoms with E-state index < -0.39 is 6.09 Å². The van der Waals surface area contributed by atoms with Crippen LogP contribution in [0.2, 0.25) is 0 Å². The lowest BCUT2D eigenvalue weighted by Crippen LogP contribution is -2.70. The molecule has 0 aliphatic carbocycles. The van der Waals surface area contributed by atoms with Gasteiger partial charge in [-0.25, -0.2) is 4.79 Å². The first-order valence-corrected chi connectivity index (χ1v) is 5.09. The predicted molar refractivity (Wildman–Crippen MR) is 53.3 cm³/mol. The largest absolute Gasteiger partial charge is 0.465 e. The van der Waals surface area contributed by atoms with Crippen molar-refractivity contribution in [1.82, 2.24) is 10.2 Å². The van der Waals surface area contributed by atoms with E-state index in [2.05, 4.69) is 26.1 Å². The third-order valence-electron chi connectivity index (χ3n) is 3.98. The monoisotopic (exact) mass is 198 g/mol. The Labute approximate surface area is 84.3 Å². The number of rotatable bonds is 0. The van der Waals surface area contributed by atoms with Crippen molar-refractivity contribution in [3.63, 3.8) is 0 Å². The normalized spacial score (nSPS) is 36.5. The summed E-state index contributed by atoms with van der Waals surface area (Å²) in [7, 11) is 0. The van der Waals surface area contributed by atoms with Crippen molar-refractivity contribution < 1.29 is 9.90 Å². The lowest BCUT2D eigenvalue weighted by molar-refractivity contribution is -0.0903. The Balaban J connectivity index is 2.21. The van der Waals surface area contributed by atoms with Gasteiger partial charge < -0.3 is 15.3 Å². The molecule has 4 nitrogen and oxygen atoms in total. The number of likely N-dealkylation sites (tertiary alicyclic amines) is 1. The summed E-state index contributed by atoms with van der Waals surface area (Å²) in [6, 6.07) is 0.181. The second kappa shape index (κ2) is 2.63. The first-order chi connectivity index (χ1) is 6.38. The molecule has 2 aliphatic heterocycles. The van der Waals surface area contributed by atoms with Crippen LogP contribution in [0, 0.1) is 10.8 Å². The molecule has 0 bridgehead atoms. The fraction of sp³-hybridized carbons (Fsp3) is 0.900. The Hall–Kier alpha value is -0.770. The van der Waals surface area contributed by atoms with Gasteiger partial charge in [-0.3, -0.25) is 0 Å². The Bertz CT molecular complexity index is 272. The lowest BCUT2D eigenvalue weighted by atomic mass is 9.58. The fourth-order valence-corrected chi connectivity index (χ4v) is 2.82. The molecule has 0 aromatic rings. The maximum Gasteiger partial charge on any atom is 0.407 e. The minimum atomic E-state index is -0.779. The van der Waals surface area contributed by atoms with E-state index in [0.29, 0.717) is 6.54 Å². The van der Waals surface area contributed by atoms with Gasteiger partial charge in [0.1, 0.15) is 0 Å². The van der Waals surface area contributed by atoms with Crippen LogP contribution in [0.15, 0.2) is 0 Å². The predicted octanol–water partition coefficient (Wildman–Crippen LogP) is 0.984. The Kier molecular flexibility index (Phi) is 1.83. The van der Waals surface area contributed by atoms with Crippen LogP contribution >= 0.6 is 0 Å². The van der Waals surface area contributed by atoms with Crippen LogP contribution in [-0.4, -0.2) is 41.8 Å². The zero-order valence-corrected chi connectivity index (χ0v) is 9.00. The van der Waals surface area contributed by atoms with E-state index in [0.717, 1.165) is 13.1 Å². The lowest BCUT2D eigenvalue weighted by Gasteiger charge is -2.58. The van der Waals surface area contributed by atoms with Crippen LogP contribution in [-0.2, 0) is 0 Å². The molecule has 0 spiro atoms. The van der Waals surface area contributed by atoms with Gasteiger partial charge in [-0.2, -0.15) is 0 Å². The average molecular weight is 198 g/mol. The minimum absolute atomic E-state index is 0.158. The van der Waals surface area contributed by atoms with Gasteiger partial charge in [0.2, 0.25) is 0 Å². The Morgan fingerprint density at radius 1 is 1.57 bits per heavy atom. The van der Waals surface area contributed by atoms with Gasteiger partial charge in [-0.05, 0) is 5.41 Å². The van der Waals surface area contributed by atoms with Crippen molar-refractivity contribution in [3.05, 3.63) is 0 Å². The van der Waals surface area contributed by atoms with E-state index in [1.165, 1.54) is 0 Å². The number of carbonyl (C=O) groups is 1. The van der Waals surface area contributed by atoms with Crippen molar-refractivity contribution in [3.8, 4) is 0 Å². The molecule has 2 N–H and O–H groups in total. The second-order valence-electron chi connectivity index (χ2n) is 5.46. The van der Waals surface area contributed by atoms with Crippen molar-refractivity contribution >= 4 is 6.09 Å². The zero-order valence-electron chi connectivity index (χ0n) is 9.00. The quantitative estimate of drug-likeness (QED) is 0.610. The maximum atomic E-state index is 10.9. The SMILES string of the molecule is CC(C)(C)C12CNCC1N(C(=O)O)C2. The van der Waals surface area contributed by atoms with Crippen LogP contribution in [0.25, 0.3) is 0 Å². The van der Waals surface area contributed by atoms with Crippen molar-refractivity contribution in [2.75, 3.05) is 19.6 Å². The highest BCUT2D eigenvalue weighted by molar-refractivity contribution is 5.67. The van der Waals surface area contributed by atoms with Gasteiger partial charge in [0, 0.05) is 25.0 Å². The molecule has 0 aromatic carbocycles. The molecule has 2 saturated heterocycles. The highest BCUT2D eigenvalue weighted by Gasteiger charge is 2.62. The first kappa shape index (κ1) is 9.77. The average Bonchev–Trinajstić information content (AvgIpc) is 2.26. The summed E-state index contributed by atoms with van der Waals surface area (Å²) in [5, 5.41) is 12.3. The van der Waals surface area contributed by atoms with Gasteiger partial charge in [0.15, 0.2) is 0 Å². The van der Waals surface area contributed by atoms with Crippen molar-refractivity contribution in [2.24, 2.45) is 10.8 Å². The Morgan fingerprint density at radius 3 is 2.71 bits per heavy atom. The van der Waals surface area contributed by atoms with Gasteiger partial charge in [-0.1, -0.05) is 20.8 Å². The number of nitrogens with one attached hydrogen (secondary N) is 1. The molecule has 2 aliphatic rings. The first-order valence-electron chi connectivity index (χ1n) is 5.09. The molecule has 1 amide bonds. The third kappa shape index (κ3) is 1.00. The van der Waals surface area contributed by atoms with Crippen LogP contribution in [0.1, 0.15) is 20.8 Å². The summed E-state index contributed by atoms with van der Waals surface area (Å²) in [5.41, 5.74) is 0.332. The highest BCUT2D eigenvalue weighted by atomic mass is 16.4. The van der Waals surface area contributed by atoms with Gasteiger partial charge in [-0.15, -0.1) is 0 Å². The van der Waals surface area contributed by atoms with E-state index in [1.807, 2.05) is 0 Å². The number of hydrogen-bond donors (Lipinski definition) is 2. The molecular weight excluding hydrogens is 180 g/mol. The molecule has 2 unspecified atom stereocenters. The standard InChI is InChI=1S/C10H18N2O2/c1-9(2,3)10-5-11-4-7(10)12(6-10)8(13)14/h7,11H,4-6H2,1-3H3,(H,13,14). The van der Waals surface area contributed by atoms with Crippen LogP contribution < -0.4 is 5.32 Å². The highest BCUT2D eigenvalue weighted by Crippen LogP contribution is 2.52. The minimum Gasteiger partial charge on any atom is -0.465 e. The molecule has 0 aromatic heterocycles. The van der Waals surface area contributed by atoms with Gasteiger partial charge in [0.25, 0.3) is 0 Å². The van der Waals surface area contributed by atoms with Crippen molar-refractivity contribution in [1.29, 1.82) is 0 Å². The van der Waals surface area contributed by atoms with Crippen LogP contribution in [0.3, 0.4) is 0 Å². The summed E-state index contributed by atoms with van der Waals surface area (Å²) < 4.78 is 0. The number of carboxylic acid groups (broad SMARTS) is 1. The fourth-order valence-electron chi connectivity index (χ4n) is 2.82. The number of nitrogens with zero attached hydrogens (tertiary/aromatic N) is 1. The molecule has 14 heavy (non-hydrogen) atoms. The molecule has 2 heterocycles. The smallest absolute Gasteiger partial charge is 0.407 e. The summed E-state index contributed by atoms with van der Waals surface area (Å²) in [4.78, 5) is 12.5. The maximum absolute atomic E-state index is 10.9. The zero-order chi connectivity index (χ0) is 10.6. The van der Waals surface area contributed by atoms with E-state index >= 15 is 0 Å². The van der Waals surface area contributed by atoms with Crippen molar-refractivity contribution in [2.45, 2.75) is 26.8 Å². The summed E-state index contributed by atoms with van der Waals surface area (Å²) in [6.45, 7) is 9.04.